The lowest BCUT2D eigenvalue weighted by atomic mass is 10.1. The number of nitrogens with zero attached hydrogens (tertiary/aromatic N) is 2. The Morgan fingerprint density at radius 2 is 1.46 bits per heavy atom. The predicted octanol–water partition coefficient (Wildman–Crippen LogP) is 5.96. The zero-order chi connectivity index (χ0) is 18.4. The number of hydrogen-bond acceptors (Lipinski definition) is 3. The number of thioether (sulfide) groups is 1. The van der Waals surface area contributed by atoms with E-state index in [1.807, 2.05) is 42.4 Å². The molecule has 0 unspecified atom stereocenters. The van der Waals surface area contributed by atoms with Gasteiger partial charge in [0.05, 0.1) is 17.6 Å². The molecule has 0 N–H and O–H groups in total. The summed E-state index contributed by atoms with van der Waals surface area (Å²) in [6.45, 7) is 6.78. The highest BCUT2D eigenvalue weighted by atomic mass is 32.2. The molecule has 0 spiro atoms. The first-order chi connectivity index (χ1) is 12.5. The second-order valence-corrected chi connectivity index (χ2v) is 9.28. The molecule has 0 atom stereocenters. The van der Waals surface area contributed by atoms with Crippen LogP contribution in [0, 0.1) is 0 Å². The Morgan fingerprint density at radius 3 is 2.08 bits per heavy atom. The fourth-order valence-electron chi connectivity index (χ4n) is 2.62. The molecule has 1 aromatic heterocycles. The zero-order valence-electron chi connectivity index (χ0n) is 15.8. The third-order valence-electron chi connectivity index (χ3n) is 4.14. The maximum atomic E-state index is 4.58. The van der Waals surface area contributed by atoms with Crippen molar-refractivity contribution >= 4 is 11.8 Å². The molecule has 0 aliphatic heterocycles. The minimum absolute atomic E-state index is 0.309. The van der Waals surface area contributed by atoms with Crippen molar-refractivity contribution in [3.63, 3.8) is 0 Å². The molecule has 0 saturated carbocycles. The highest BCUT2D eigenvalue weighted by Crippen LogP contribution is 2.27. The van der Waals surface area contributed by atoms with Gasteiger partial charge in [-0.25, -0.2) is 0 Å². The van der Waals surface area contributed by atoms with E-state index < -0.39 is 0 Å². The van der Waals surface area contributed by atoms with Crippen LogP contribution in [0.4, 0.5) is 0 Å². The minimum Gasteiger partial charge on any atom is -0.257 e. The van der Waals surface area contributed by atoms with Gasteiger partial charge in [-0.15, -0.1) is 0 Å². The zero-order valence-corrected chi connectivity index (χ0v) is 16.6. The smallest absolute Gasteiger partial charge is 0.0885 e. The summed E-state index contributed by atoms with van der Waals surface area (Å²) in [6, 6.07) is 19.2. The monoisotopic (exact) mass is 362 g/mol. The maximum absolute atomic E-state index is 4.58. The van der Waals surface area contributed by atoms with E-state index in [9.17, 15) is 0 Å². The Hall–Kier alpha value is -2.13. The van der Waals surface area contributed by atoms with Crippen LogP contribution in [-0.4, -0.2) is 14.7 Å². The third kappa shape index (κ3) is 5.70. The molecule has 0 saturated heterocycles. The molecule has 3 heteroatoms. The summed E-state index contributed by atoms with van der Waals surface area (Å²) in [7, 11) is 0. The first-order valence-electron chi connectivity index (χ1n) is 9.08. The number of hydrogen-bond donors (Lipinski definition) is 0. The Balaban J connectivity index is 1.54. The van der Waals surface area contributed by atoms with E-state index in [0.29, 0.717) is 4.75 Å². The van der Waals surface area contributed by atoms with Crippen molar-refractivity contribution in [2.75, 3.05) is 0 Å². The van der Waals surface area contributed by atoms with Crippen LogP contribution in [0.5, 0.6) is 0 Å². The molecule has 2 nitrogen and oxygen atoms in total. The standard InChI is InChI=1S/C23H26N2S/c1-23(2,3)26-17-19-11-9-18(10-12-19)13-14-21-15-25-22(16-24-21)20-7-5-4-6-8-20/h4-12,15-16H,13-14,17H2,1-3H3. The Bertz CT molecular complexity index is 804. The SMILES string of the molecule is CC(C)(C)SCc1ccc(CCc2cnc(-c3ccccc3)cn2)cc1. The first-order valence-corrected chi connectivity index (χ1v) is 10.1. The van der Waals surface area contributed by atoms with Crippen LogP contribution in [0.25, 0.3) is 11.3 Å². The molecule has 0 aliphatic carbocycles. The van der Waals surface area contributed by atoms with Gasteiger partial charge in [0.15, 0.2) is 0 Å². The molecule has 134 valence electrons. The quantitative estimate of drug-likeness (QED) is 0.541. The predicted molar refractivity (Wildman–Crippen MR) is 112 cm³/mol. The van der Waals surface area contributed by atoms with E-state index in [1.165, 1.54) is 11.1 Å². The lowest BCUT2D eigenvalue weighted by molar-refractivity contribution is 0.802. The van der Waals surface area contributed by atoms with Gasteiger partial charge in [0.2, 0.25) is 0 Å². The van der Waals surface area contributed by atoms with Gasteiger partial charge in [-0.1, -0.05) is 75.4 Å². The van der Waals surface area contributed by atoms with Gasteiger partial charge in [-0.3, -0.25) is 9.97 Å². The summed E-state index contributed by atoms with van der Waals surface area (Å²) in [4.78, 5) is 9.14. The van der Waals surface area contributed by atoms with E-state index >= 15 is 0 Å². The molecule has 26 heavy (non-hydrogen) atoms. The normalized spacial score (nSPS) is 11.5. The van der Waals surface area contributed by atoms with Crippen LogP contribution < -0.4 is 0 Å². The van der Waals surface area contributed by atoms with Crippen molar-refractivity contribution in [2.24, 2.45) is 0 Å². The average molecular weight is 363 g/mol. The topological polar surface area (TPSA) is 25.8 Å². The van der Waals surface area contributed by atoms with Crippen molar-refractivity contribution in [1.29, 1.82) is 0 Å². The summed E-state index contributed by atoms with van der Waals surface area (Å²) < 4.78 is 0.309. The van der Waals surface area contributed by atoms with Crippen LogP contribution in [0.15, 0.2) is 67.0 Å². The number of benzene rings is 2. The Kier molecular flexibility index (Phi) is 6.10. The lowest BCUT2D eigenvalue weighted by Crippen LogP contribution is -2.07. The van der Waals surface area contributed by atoms with Crippen LogP contribution >= 0.6 is 11.8 Å². The molecule has 0 bridgehead atoms. The van der Waals surface area contributed by atoms with Gasteiger partial charge in [-0.05, 0) is 24.0 Å². The summed E-state index contributed by atoms with van der Waals surface area (Å²) in [5.41, 5.74) is 5.81. The molecular weight excluding hydrogens is 336 g/mol. The Labute approximate surface area is 161 Å². The van der Waals surface area contributed by atoms with Gasteiger partial charge >= 0.3 is 0 Å². The van der Waals surface area contributed by atoms with Crippen LogP contribution in [0.1, 0.15) is 37.6 Å². The molecule has 0 radical (unpaired) electrons. The van der Waals surface area contributed by atoms with E-state index in [2.05, 4.69) is 67.1 Å². The molecule has 2 aromatic carbocycles. The van der Waals surface area contributed by atoms with Crippen LogP contribution in [0.2, 0.25) is 0 Å². The van der Waals surface area contributed by atoms with Crippen molar-refractivity contribution in [3.8, 4) is 11.3 Å². The van der Waals surface area contributed by atoms with Gasteiger partial charge in [0.1, 0.15) is 0 Å². The van der Waals surface area contributed by atoms with Crippen molar-refractivity contribution in [3.05, 3.63) is 83.8 Å². The molecule has 0 amide bonds. The molecule has 3 rings (SSSR count). The van der Waals surface area contributed by atoms with Crippen LogP contribution in [-0.2, 0) is 18.6 Å². The molecule has 0 fully saturated rings. The van der Waals surface area contributed by atoms with Crippen LogP contribution in [0.3, 0.4) is 0 Å². The first kappa shape index (κ1) is 18.7. The minimum atomic E-state index is 0.309. The van der Waals surface area contributed by atoms with Gasteiger partial charge in [0.25, 0.3) is 0 Å². The molecular formula is C23H26N2S. The lowest BCUT2D eigenvalue weighted by Gasteiger charge is -2.17. The van der Waals surface area contributed by atoms with Crippen molar-refractivity contribution in [2.45, 2.75) is 44.1 Å². The summed E-state index contributed by atoms with van der Waals surface area (Å²) in [5.74, 6) is 1.07. The Morgan fingerprint density at radius 1 is 0.769 bits per heavy atom. The molecule has 0 aliphatic rings. The second-order valence-electron chi connectivity index (χ2n) is 7.48. The second kappa shape index (κ2) is 8.50. The maximum Gasteiger partial charge on any atom is 0.0885 e. The van der Waals surface area contributed by atoms with E-state index in [0.717, 1.165) is 35.5 Å². The van der Waals surface area contributed by atoms with E-state index in [-0.39, 0.29) is 0 Å². The number of aryl methyl sites for hydroxylation is 2. The summed E-state index contributed by atoms with van der Waals surface area (Å²) in [6.07, 6.45) is 5.68. The highest BCUT2D eigenvalue weighted by molar-refractivity contribution is 7.99. The molecule has 1 heterocycles. The van der Waals surface area contributed by atoms with Crippen molar-refractivity contribution < 1.29 is 0 Å². The number of aromatic nitrogens is 2. The largest absolute Gasteiger partial charge is 0.257 e. The fraction of sp³-hybridized carbons (Fsp3) is 0.304. The summed E-state index contributed by atoms with van der Waals surface area (Å²) in [5, 5.41) is 0. The molecule has 3 aromatic rings. The summed E-state index contributed by atoms with van der Waals surface area (Å²) >= 11 is 1.98. The highest BCUT2D eigenvalue weighted by Gasteiger charge is 2.10. The van der Waals surface area contributed by atoms with Gasteiger partial charge in [0, 0.05) is 22.3 Å². The average Bonchev–Trinajstić information content (AvgIpc) is 2.66. The van der Waals surface area contributed by atoms with Crippen molar-refractivity contribution in [1.82, 2.24) is 9.97 Å². The van der Waals surface area contributed by atoms with E-state index in [4.69, 9.17) is 0 Å². The van der Waals surface area contributed by atoms with Gasteiger partial charge in [-0.2, -0.15) is 11.8 Å². The fourth-order valence-corrected chi connectivity index (χ4v) is 3.41. The third-order valence-corrected chi connectivity index (χ3v) is 5.48. The van der Waals surface area contributed by atoms with Gasteiger partial charge < -0.3 is 0 Å². The van der Waals surface area contributed by atoms with E-state index in [1.54, 1.807) is 0 Å². The number of rotatable bonds is 6.